The van der Waals surface area contributed by atoms with E-state index in [-0.39, 0.29) is 5.97 Å². The number of aromatic nitrogens is 3. The molecule has 0 atom stereocenters. The topological polar surface area (TPSA) is 74.1 Å². The number of hydrogen-bond acceptors (Lipinski definition) is 5. The van der Waals surface area contributed by atoms with Crippen LogP contribution in [0.4, 0.5) is 0 Å². The van der Waals surface area contributed by atoms with Gasteiger partial charge in [-0.2, -0.15) is 0 Å². The highest BCUT2D eigenvalue weighted by Gasteiger charge is 2.11. The first kappa shape index (κ1) is 13.9. The van der Waals surface area contributed by atoms with Crippen LogP contribution in [-0.4, -0.2) is 33.9 Å². The quantitative estimate of drug-likeness (QED) is 0.615. The molecule has 2 rings (SSSR count). The summed E-state index contributed by atoms with van der Waals surface area (Å²) in [4.78, 5) is 22.4. The summed E-state index contributed by atoms with van der Waals surface area (Å²) in [5.74, 6) is -0.345. The van der Waals surface area contributed by atoms with E-state index in [1.54, 1.807) is 35.9 Å². The Morgan fingerprint density at radius 1 is 1.35 bits per heavy atom. The molecule has 104 valence electrons. The number of ether oxygens (including phenoxy) is 1. The molecule has 0 amide bonds. The molecule has 1 aromatic heterocycles. The van der Waals surface area contributed by atoms with E-state index in [1.165, 1.54) is 0 Å². The number of carbonyl (C=O) groups is 2. The molecule has 0 saturated carbocycles. The van der Waals surface area contributed by atoms with E-state index in [1.807, 2.05) is 6.92 Å². The molecule has 2 aromatic rings. The SMILES string of the molecule is CCCOC(=O)c1ccc(-n2nnc(C=O)c2C)cc1. The molecule has 0 fully saturated rings. The Morgan fingerprint density at radius 3 is 2.60 bits per heavy atom. The molecule has 0 bridgehead atoms. The predicted molar refractivity (Wildman–Crippen MR) is 72.1 cm³/mol. The maximum absolute atomic E-state index is 11.7. The Bertz CT molecular complexity index is 617. The largest absolute Gasteiger partial charge is 0.462 e. The number of nitrogens with zero attached hydrogens (tertiary/aromatic N) is 3. The van der Waals surface area contributed by atoms with Crippen LogP contribution >= 0.6 is 0 Å². The van der Waals surface area contributed by atoms with Crippen molar-refractivity contribution in [3.63, 3.8) is 0 Å². The standard InChI is InChI=1S/C14H15N3O3/c1-3-8-20-14(19)11-4-6-12(7-5-11)17-10(2)13(9-18)15-16-17/h4-7,9H,3,8H2,1-2H3. The Labute approximate surface area is 116 Å². The van der Waals surface area contributed by atoms with Crippen LogP contribution in [0.1, 0.15) is 39.9 Å². The fourth-order valence-electron chi connectivity index (χ4n) is 1.71. The van der Waals surface area contributed by atoms with Crippen LogP contribution in [0.3, 0.4) is 0 Å². The zero-order valence-electron chi connectivity index (χ0n) is 11.4. The third-order valence-corrected chi connectivity index (χ3v) is 2.83. The average Bonchev–Trinajstić information content (AvgIpc) is 2.86. The van der Waals surface area contributed by atoms with Gasteiger partial charge in [0.15, 0.2) is 6.29 Å². The third kappa shape index (κ3) is 2.74. The molecule has 0 aliphatic heterocycles. The van der Waals surface area contributed by atoms with Crippen molar-refractivity contribution in [1.82, 2.24) is 15.0 Å². The normalized spacial score (nSPS) is 10.3. The first-order valence-corrected chi connectivity index (χ1v) is 6.32. The Morgan fingerprint density at radius 2 is 2.05 bits per heavy atom. The van der Waals surface area contributed by atoms with Crippen molar-refractivity contribution in [1.29, 1.82) is 0 Å². The molecular formula is C14H15N3O3. The molecule has 0 radical (unpaired) electrons. The van der Waals surface area contributed by atoms with Crippen molar-refractivity contribution >= 4 is 12.3 Å². The summed E-state index contributed by atoms with van der Waals surface area (Å²) >= 11 is 0. The van der Waals surface area contributed by atoms with Gasteiger partial charge in [0.25, 0.3) is 0 Å². The average molecular weight is 273 g/mol. The number of benzene rings is 1. The van der Waals surface area contributed by atoms with Gasteiger partial charge in [-0.25, -0.2) is 9.48 Å². The van der Waals surface area contributed by atoms with Gasteiger partial charge in [-0.1, -0.05) is 12.1 Å². The molecule has 0 spiro atoms. The van der Waals surface area contributed by atoms with E-state index in [4.69, 9.17) is 4.74 Å². The first-order valence-electron chi connectivity index (χ1n) is 6.32. The van der Waals surface area contributed by atoms with Crippen molar-refractivity contribution in [2.75, 3.05) is 6.61 Å². The molecule has 0 aliphatic rings. The molecular weight excluding hydrogens is 258 g/mol. The van der Waals surface area contributed by atoms with E-state index >= 15 is 0 Å². The highest BCUT2D eigenvalue weighted by Crippen LogP contribution is 2.13. The van der Waals surface area contributed by atoms with E-state index < -0.39 is 0 Å². The zero-order valence-corrected chi connectivity index (χ0v) is 11.4. The molecule has 0 aliphatic carbocycles. The van der Waals surface area contributed by atoms with Crippen molar-refractivity contribution in [2.45, 2.75) is 20.3 Å². The number of carbonyl (C=O) groups excluding carboxylic acids is 2. The smallest absolute Gasteiger partial charge is 0.338 e. The van der Waals surface area contributed by atoms with Crippen molar-refractivity contribution in [3.8, 4) is 5.69 Å². The monoisotopic (exact) mass is 273 g/mol. The third-order valence-electron chi connectivity index (χ3n) is 2.83. The van der Waals surface area contributed by atoms with Gasteiger partial charge in [-0.3, -0.25) is 4.79 Å². The molecule has 6 heteroatoms. The summed E-state index contributed by atoms with van der Waals surface area (Å²) in [6.07, 6.45) is 1.45. The second kappa shape index (κ2) is 6.10. The van der Waals surface area contributed by atoms with E-state index in [0.717, 1.165) is 12.1 Å². The lowest BCUT2D eigenvalue weighted by Crippen LogP contribution is -2.06. The van der Waals surface area contributed by atoms with Crippen molar-refractivity contribution in [3.05, 3.63) is 41.2 Å². The van der Waals surface area contributed by atoms with Crippen LogP contribution in [0.5, 0.6) is 0 Å². The van der Waals surface area contributed by atoms with E-state index in [0.29, 0.717) is 29.8 Å². The fraction of sp³-hybridized carbons (Fsp3) is 0.286. The molecule has 1 aromatic carbocycles. The van der Waals surface area contributed by atoms with Gasteiger partial charge in [0, 0.05) is 0 Å². The minimum Gasteiger partial charge on any atom is -0.462 e. The van der Waals surface area contributed by atoms with Crippen LogP contribution in [0.2, 0.25) is 0 Å². The van der Waals surface area contributed by atoms with Gasteiger partial charge < -0.3 is 4.74 Å². The highest BCUT2D eigenvalue weighted by molar-refractivity contribution is 5.89. The summed E-state index contributed by atoms with van der Waals surface area (Å²) in [5.41, 5.74) is 2.17. The Balaban J connectivity index is 2.21. The summed E-state index contributed by atoms with van der Waals surface area (Å²) in [6, 6.07) is 6.79. The van der Waals surface area contributed by atoms with Gasteiger partial charge in [0.1, 0.15) is 5.69 Å². The highest BCUT2D eigenvalue weighted by atomic mass is 16.5. The number of hydrogen-bond donors (Lipinski definition) is 0. The summed E-state index contributed by atoms with van der Waals surface area (Å²) in [6.45, 7) is 4.10. The predicted octanol–water partition coefficient (Wildman–Crippen LogP) is 1.96. The minimum absolute atomic E-state index is 0.302. The minimum atomic E-state index is -0.345. The van der Waals surface area contributed by atoms with Crippen LogP contribution in [-0.2, 0) is 4.74 Å². The Hall–Kier alpha value is -2.50. The van der Waals surface area contributed by atoms with Gasteiger partial charge in [0.05, 0.1) is 23.6 Å². The summed E-state index contributed by atoms with van der Waals surface area (Å²) in [7, 11) is 0. The van der Waals surface area contributed by atoms with E-state index in [2.05, 4.69) is 10.3 Å². The lowest BCUT2D eigenvalue weighted by molar-refractivity contribution is 0.0505. The number of esters is 1. The molecule has 1 heterocycles. The lowest BCUT2D eigenvalue weighted by atomic mass is 10.2. The second-order valence-corrected chi connectivity index (χ2v) is 4.27. The number of rotatable bonds is 5. The van der Waals surface area contributed by atoms with Gasteiger partial charge in [0.2, 0.25) is 0 Å². The first-order chi connectivity index (χ1) is 9.67. The maximum atomic E-state index is 11.7. The van der Waals surface area contributed by atoms with Crippen LogP contribution in [0, 0.1) is 6.92 Å². The van der Waals surface area contributed by atoms with E-state index in [9.17, 15) is 9.59 Å². The van der Waals surface area contributed by atoms with Crippen molar-refractivity contribution in [2.24, 2.45) is 0 Å². The van der Waals surface area contributed by atoms with Crippen molar-refractivity contribution < 1.29 is 14.3 Å². The zero-order chi connectivity index (χ0) is 14.5. The van der Waals surface area contributed by atoms with Crippen LogP contribution < -0.4 is 0 Å². The molecule has 20 heavy (non-hydrogen) atoms. The molecule has 0 N–H and O–H groups in total. The van der Waals surface area contributed by atoms with Gasteiger partial charge in [-0.05, 0) is 37.6 Å². The van der Waals surface area contributed by atoms with Crippen LogP contribution in [0.25, 0.3) is 5.69 Å². The second-order valence-electron chi connectivity index (χ2n) is 4.27. The molecule has 0 saturated heterocycles. The lowest BCUT2D eigenvalue weighted by Gasteiger charge is -2.05. The molecule has 0 unspecified atom stereocenters. The summed E-state index contributed by atoms with van der Waals surface area (Å²) < 4.78 is 6.59. The fourth-order valence-corrected chi connectivity index (χ4v) is 1.71. The maximum Gasteiger partial charge on any atom is 0.338 e. The molecule has 6 nitrogen and oxygen atoms in total. The van der Waals surface area contributed by atoms with Gasteiger partial charge in [-0.15, -0.1) is 5.10 Å². The van der Waals surface area contributed by atoms with Gasteiger partial charge >= 0.3 is 5.97 Å². The van der Waals surface area contributed by atoms with Crippen LogP contribution in [0.15, 0.2) is 24.3 Å². The number of aldehydes is 1. The summed E-state index contributed by atoms with van der Waals surface area (Å²) in [5, 5.41) is 7.66. The Kier molecular flexibility index (Phi) is 4.24.